The molecule has 1 aromatic heterocycles. The largest absolute Gasteiger partial charge is 0.486 e. The lowest BCUT2D eigenvalue weighted by molar-refractivity contribution is 0.171. The van der Waals surface area contributed by atoms with Crippen LogP contribution in [-0.4, -0.2) is 23.4 Å². The number of halogens is 2. The van der Waals surface area contributed by atoms with E-state index in [1.165, 1.54) is 0 Å². The zero-order valence-corrected chi connectivity index (χ0v) is 12.9. The van der Waals surface area contributed by atoms with Crippen molar-refractivity contribution >= 4 is 44.3 Å². The molecule has 3 rings (SSSR count). The van der Waals surface area contributed by atoms with Crippen molar-refractivity contribution in [2.24, 2.45) is 0 Å². The van der Waals surface area contributed by atoms with E-state index in [0.29, 0.717) is 19.0 Å². The van der Waals surface area contributed by atoms with Crippen LogP contribution in [0.4, 0.5) is 5.82 Å². The highest BCUT2D eigenvalue weighted by Crippen LogP contribution is 2.41. The first-order valence-corrected chi connectivity index (χ1v) is 7.13. The molecule has 0 atom stereocenters. The van der Waals surface area contributed by atoms with Crippen LogP contribution in [0.25, 0.3) is 11.3 Å². The molecule has 0 unspecified atom stereocenters. The summed E-state index contributed by atoms with van der Waals surface area (Å²) in [7, 11) is 0. The van der Waals surface area contributed by atoms with Gasteiger partial charge in [-0.3, -0.25) is 5.10 Å². The molecule has 94 valence electrons. The Labute approximate surface area is 125 Å². The summed E-state index contributed by atoms with van der Waals surface area (Å²) in [5, 5.41) is 6.93. The van der Waals surface area contributed by atoms with Gasteiger partial charge in [0.1, 0.15) is 13.2 Å². The topological polar surface area (TPSA) is 73.2 Å². The summed E-state index contributed by atoms with van der Waals surface area (Å²) in [6, 6.07) is 3.82. The van der Waals surface area contributed by atoms with Crippen molar-refractivity contribution in [2.45, 2.75) is 0 Å². The van der Waals surface area contributed by atoms with E-state index in [9.17, 15) is 0 Å². The van der Waals surface area contributed by atoms with Crippen molar-refractivity contribution in [3.05, 3.63) is 20.2 Å². The molecule has 1 aromatic carbocycles. The molecule has 3 N–H and O–H groups in total. The summed E-state index contributed by atoms with van der Waals surface area (Å²) < 4.78 is 12.9. The molecule has 0 saturated heterocycles. The smallest absolute Gasteiger partial charge is 0.162 e. The van der Waals surface area contributed by atoms with E-state index >= 15 is 0 Å². The van der Waals surface area contributed by atoms with Crippen LogP contribution in [0.2, 0.25) is 0 Å². The van der Waals surface area contributed by atoms with Gasteiger partial charge in [-0.15, -0.1) is 0 Å². The summed E-state index contributed by atoms with van der Waals surface area (Å²) in [6.07, 6.45) is 0. The molecule has 0 aliphatic carbocycles. The number of H-pyrrole nitrogens is 1. The van der Waals surface area contributed by atoms with Crippen molar-refractivity contribution in [1.29, 1.82) is 0 Å². The van der Waals surface area contributed by atoms with Gasteiger partial charge in [-0.25, -0.2) is 0 Å². The summed E-state index contributed by atoms with van der Waals surface area (Å²) in [6.45, 7) is 1.14. The molecule has 0 amide bonds. The third kappa shape index (κ3) is 1.95. The van der Waals surface area contributed by atoms with Crippen molar-refractivity contribution in [2.75, 3.05) is 18.9 Å². The summed E-state index contributed by atoms with van der Waals surface area (Å²) in [5.74, 6) is 1.98. The molecule has 7 heteroatoms. The maximum atomic E-state index is 5.74. The summed E-state index contributed by atoms with van der Waals surface area (Å²) in [5.41, 5.74) is 7.57. The van der Waals surface area contributed by atoms with E-state index in [0.717, 1.165) is 30.8 Å². The van der Waals surface area contributed by atoms with Gasteiger partial charge in [0.25, 0.3) is 0 Å². The van der Waals surface area contributed by atoms with Gasteiger partial charge in [-0.1, -0.05) is 0 Å². The molecule has 2 heterocycles. The quantitative estimate of drug-likeness (QED) is 0.694. The number of ether oxygens (including phenoxy) is 2. The Morgan fingerprint density at radius 3 is 2.56 bits per heavy atom. The number of aromatic amines is 1. The normalized spacial score (nSPS) is 13.7. The Bertz CT molecular complexity index is 615. The molecule has 0 bridgehead atoms. The van der Waals surface area contributed by atoms with E-state index in [1.807, 2.05) is 12.1 Å². The highest BCUT2D eigenvalue weighted by atomic mass is 127. The minimum absolute atomic E-state index is 0.493. The minimum Gasteiger partial charge on any atom is -0.486 e. The van der Waals surface area contributed by atoms with E-state index in [2.05, 4.69) is 48.7 Å². The van der Waals surface area contributed by atoms with E-state index in [1.54, 1.807) is 0 Å². The Morgan fingerprint density at radius 2 is 1.94 bits per heavy atom. The fourth-order valence-corrected chi connectivity index (χ4v) is 2.83. The number of fused-ring (bicyclic) bond motifs is 1. The first-order valence-electron chi connectivity index (χ1n) is 5.25. The molecular weight excluding hydrogens is 413 g/mol. The molecule has 18 heavy (non-hydrogen) atoms. The average molecular weight is 422 g/mol. The van der Waals surface area contributed by atoms with E-state index < -0.39 is 0 Å². The SMILES string of the molecule is Nc1n[nH]c(-c2cc3c(cc2Br)OCCO3)c1I. The number of nitrogen functional groups attached to an aromatic ring is 1. The first kappa shape index (κ1) is 12.1. The second-order valence-corrected chi connectivity index (χ2v) is 5.71. The molecule has 0 saturated carbocycles. The molecule has 2 aromatic rings. The highest BCUT2D eigenvalue weighted by molar-refractivity contribution is 14.1. The van der Waals surface area contributed by atoms with Gasteiger partial charge in [-0.05, 0) is 50.7 Å². The van der Waals surface area contributed by atoms with Gasteiger partial charge >= 0.3 is 0 Å². The average Bonchev–Trinajstić information content (AvgIpc) is 2.69. The van der Waals surface area contributed by atoms with E-state index in [-0.39, 0.29) is 0 Å². The highest BCUT2D eigenvalue weighted by Gasteiger charge is 2.19. The van der Waals surface area contributed by atoms with Crippen LogP contribution in [-0.2, 0) is 0 Å². The predicted molar refractivity (Wildman–Crippen MR) is 79.8 cm³/mol. The fourth-order valence-electron chi connectivity index (χ4n) is 1.78. The number of nitrogens with zero attached hydrogens (tertiary/aromatic N) is 1. The molecule has 1 aliphatic rings. The van der Waals surface area contributed by atoms with Gasteiger partial charge < -0.3 is 15.2 Å². The molecule has 5 nitrogen and oxygen atoms in total. The molecular formula is C11H9BrIN3O2. The van der Waals surface area contributed by atoms with E-state index in [4.69, 9.17) is 15.2 Å². The van der Waals surface area contributed by atoms with Crippen molar-refractivity contribution in [1.82, 2.24) is 10.2 Å². The maximum Gasteiger partial charge on any atom is 0.162 e. The van der Waals surface area contributed by atoms with Gasteiger partial charge in [0.15, 0.2) is 17.3 Å². The Hall–Kier alpha value is -0.960. The van der Waals surface area contributed by atoms with Crippen LogP contribution in [0.5, 0.6) is 11.5 Å². The Balaban J connectivity index is 2.15. The van der Waals surface area contributed by atoms with Crippen molar-refractivity contribution < 1.29 is 9.47 Å². The number of hydrogen-bond acceptors (Lipinski definition) is 4. The third-order valence-electron chi connectivity index (χ3n) is 2.63. The monoisotopic (exact) mass is 421 g/mol. The molecule has 1 aliphatic heterocycles. The van der Waals surface area contributed by atoms with Gasteiger partial charge in [0.05, 0.1) is 9.26 Å². The van der Waals surface area contributed by atoms with Crippen LogP contribution < -0.4 is 15.2 Å². The number of aromatic nitrogens is 2. The zero-order chi connectivity index (χ0) is 12.7. The number of anilines is 1. The maximum absolute atomic E-state index is 5.74. The van der Waals surface area contributed by atoms with Crippen molar-refractivity contribution in [3.63, 3.8) is 0 Å². The number of nitrogens with two attached hydrogens (primary N) is 1. The number of hydrogen-bond donors (Lipinski definition) is 2. The van der Waals surface area contributed by atoms with Gasteiger partial charge in [0, 0.05) is 10.0 Å². The number of benzene rings is 1. The fraction of sp³-hybridized carbons (Fsp3) is 0.182. The zero-order valence-electron chi connectivity index (χ0n) is 9.17. The Morgan fingerprint density at radius 1 is 1.28 bits per heavy atom. The lowest BCUT2D eigenvalue weighted by Gasteiger charge is -2.19. The lowest BCUT2D eigenvalue weighted by atomic mass is 10.1. The Kier molecular flexibility index (Phi) is 3.10. The third-order valence-corrected chi connectivity index (χ3v) is 4.38. The van der Waals surface area contributed by atoms with Crippen molar-refractivity contribution in [3.8, 4) is 22.8 Å². The standard InChI is InChI=1S/C11H9BrIN3O2/c12-6-4-8-7(17-1-2-18-8)3-5(6)10-9(13)11(14)16-15-10/h3-4H,1-2H2,(H3,14,15,16). The lowest BCUT2D eigenvalue weighted by Crippen LogP contribution is -2.15. The second kappa shape index (κ2) is 4.61. The van der Waals surface area contributed by atoms with Gasteiger partial charge in [-0.2, -0.15) is 5.10 Å². The predicted octanol–water partition coefficient (Wildman–Crippen LogP) is 2.80. The van der Waals surface area contributed by atoms with Crippen LogP contribution in [0, 0.1) is 3.57 Å². The van der Waals surface area contributed by atoms with Crippen LogP contribution in [0.1, 0.15) is 0 Å². The van der Waals surface area contributed by atoms with Crippen LogP contribution >= 0.6 is 38.5 Å². The first-order chi connectivity index (χ1) is 8.66. The van der Waals surface area contributed by atoms with Gasteiger partial charge in [0.2, 0.25) is 0 Å². The second-order valence-electron chi connectivity index (χ2n) is 3.77. The molecule has 0 fully saturated rings. The van der Waals surface area contributed by atoms with Crippen LogP contribution in [0.3, 0.4) is 0 Å². The number of nitrogens with one attached hydrogen (secondary N) is 1. The number of rotatable bonds is 1. The summed E-state index contributed by atoms with van der Waals surface area (Å²) in [4.78, 5) is 0. The molecule has 0 spiro atoms. The molecule has 0 radical (unpaired) electrons. The summed E-state index contributed by atoms with van der Waals surface area (Å²) >= 11 is 5.69. The minimum atomic E-state index is 0.493. The van der Waals surface area contributed by atoms with Crippen LogP contribution in [0.15, 0.2) is 16.6 Å².